The standard InChI is InChI=1S/C14H16N8O2S/c15-11-10(22-6-1-2-7-25(22,23)24)12(16)19-14(18-11)9-8-4-3-5-17-13(8)21-20-9/h3-5H,1-2,6-7H2,(H,17,20,21)(H4,15,16,18,19). The zero-order valence-electron chi connectivity index (χ0n) is 13.2. The van der Waals surface area contributed by atoms with Crippen LogP contribution in [0.2, 0.25) is 0 Å². The third-order valence-electron chi connectivity index (χ3n) is 4.09. The van der Waals surface area contributed by atoms with Crippen molar-refractivity contribution in [3.63, 3.8) is 0 Å². The summed E-state index contributed by atoms with van der Waals surface area (Å²) in [6.45, 7) is 0.316. The van der Waals surface area contributed by atoms with E-state index in [-0.39, 0.29) is 28.9 Å². The lowest BCUT2D eigenvalue weighted by Gasteiger charge is -2.29. The molecular weight excluding hydrogens is 344 g/mol. The summed E-state index contributed by atoms with van der Waals surface area (Å²) in [7, 11) is -3.46. The third kappa shape index (κ3) is 2.52. The van der Waals surface area contributed by atoms with Gasteiger partial charge in [0.05, 0.1) is 5.75 Å². The number of hydrogen-bond donors (Lipinski definition) is 3. The van der Waals surface area contributed by atoms with Crippen LogP contribution in [0.1, 0.15) is 12.8 Å². The molecule has 0 atom stereocenters. The van der Waals surface area contributed by atoms with Crippen LogP contribution < -0.4 is 15.8 Å². The van der Waals surface area contributed by atoms with Crippen molar-refractivity contribution in [3.05, 3.63) is 18.3 Å². The van der Waals surface area contributed by atoms with Gasteiger partial charge in [-0.15, -0.1) is 0 Å². The largest absolute Gasteiger partial charge is 0.382 e. The summed E-state index contributed by atoms with van der Waals surface area (Å²) in [5.74, 6) is 0.327. The average Bonchev–Trinajstić information content (AvgIpc) is 2.99. The maximum absolute atomic E-state index is 12.3. The molecule has 3 aromatic heterocycles. The fourth-order valence-corrected chi connectivity index (χ4v) is 4.58. The van der Waals surface area contributed by atoms with Crippen LogP contribution in [0.25, 0.3) is 22.6 Å². The van der Waals surface area contributed by atoms with Gasteiger partial charge in [0, 0.05) is 18.1 Å². The SMILES string of the molecule is Nc1nc(-c2[nH]nc3ncccc23)nc(N)c1N1CCCCS1(=O)=O. The predicted molar refractivity (Wildman–Crippen MR) is 94.1 cm³/mol. The number of nitrogens with zero attached hydrogens (tertiary/aromatic N) is 5. The van der Waals surface area contributed by atoms with Gasteiger partial charge >= 0.3 is 0 Å². The van der Waals surface area contributed by atoms with E-state index in [4.69, 9.17) is 11.5 Å². The molecule has 0 unspecified atom stereocenters. The molecule has 4 rings (SSSR count). The Kier molecular flexibility index (Phi) is 3.46. The van der Waals surface area contributed by atoms with Crippen LogP contribution in [0.15, 0.2) is 18.3 Å². The maximum atomic E-state index is 12.3. The Morgan fingerprint density at radius 2 is 1.92 bits per heavy atom. The highest BCUT2D eigenvalue weighted by atomic mass is 32.2. The summed E-state index contributed by atoms with van der Waals surface area (Å²) in [4.78, 5) is 12.6. The average molecular weight is 360 g/mol. The summed E-state index contributed by atoms with van der Waals surface area (Å²) >= 11 is 0. The number of sulfonamides is 1. The monoisotopic (exact) mass is 360 g/mol. The summed E-state index contributed by atoms with van der Waals surface area (Å²) in [6.07, 6.45) is 2.97. The molecule has 130 valence electrons. The molecule has 25 heavy (non-hydrogen) atoms. The Morgan fingerprint density at radius 3 is 2.64 bits per heavy atom. The number of fused-ring (bicyclic) bond motifs is 1. The highest BCUT2D eigenvalue weighted by molar-refractivity contribution is 7.92. The quantitative estimate of drug-likeness (QED) is 0.596. The molecule has 1 aliphatic heterocycles. The van der Waals surface area contributed by atoms with Crippen molar-refractivity contribution in [2.75, 3.05) is 28.1 Å². The summed E-state index contributed by atoms with van der Waals surface area (Å²) in [5, 5.41) is 7.63. The van der Waals surface area contributed by atoms with Crippen molar-refractivity contribution in [1.82, 2.24) is 25.1 Å². The molecule has 0 amide bonds. The van der Waals surface area contributed by atoms with Crippen LogP contribution in [-0.2, 0) is 10.0 Å². The molecule has 1 aliphatic rings. The molecule has 5 N–H and O–H groups in total. The Bertz CT molecular complexity index is 1040. The number of anilines is 3. The number of nitrogen functional groups attached to an aromatic ring is 2. The molecule has 11 heteroatoms. The molecule has 0 spiro atoms. The van der Waals surface area contributed by atoms with E-state index < -0.39 is 10.0 Å². The number of aromatic amines is 1. The van der Waals surface area contributed by atoms with E-state index in [2.05, 4.69) is 25.1 Å². The van der Waals surface area contributed by atoms with Crippen LogP contribution in [0, 0.1) is 0 Å². The maximum Gasteiger partial charge on any atom is 0.235 e. The fourth-order valence-electron chi connectivity index (χ4n) is 2.92. The molecule has 4 heterocycles. The molecule has 3 aromatic rings. The topological polar surface area (TPSA) is 157 Å². The second-order valence-corrected chi connectivity index (χ2v) is 7.75. The zero-order valence-corrected chi connectivity index (χ0v) is 14.0. The number of rotatable bonds is 2. The molecule has 1 fully saturated rings. The number of pyridine rings is 1. The first-order valence-electron chi connectivity index (χ1n) is 7.70. The molecule has 0 radical (unpaired) electrons. The van der Waals surface area contributed by atoms with Gasteiger partial charge in [-0.1, -0.05) is 0 Å². The zero-order chi connectivity index (χ0) is 17.6. The smallest absolute Gasteiger partial charge is 0.235 e. The third-order valence-corrected chi connectivity index (χ3v) is 5.93. The minimum atomic E-state index is -3.46. The van der Waals surface area contributed by atoms with Crippen LogP contribution in [-0.4, -0.2) is 45.9 Å². The van der Waals surface area contributed by atoms with Gasteiger partial charge in [-0.25, -0.2) is 23.4 Å². The highest BCUT2D eigenvalue weighted by Crippen LogP contribution is 2.34. The second-order valence-electron chi connectivity index (χ2n) is 5.73. The lowest BCUT2D eigenvalue weighted by atomic mass is 10.2. The van der Waals surface area contributed by atoms with Gasteiger partial charge in [-0.2, -0.15) is 5.10 Å². The van der Waals surface area contributed by atoms with Crippen LogP contribution >= 0.6 is 0 Å². The van der Waals surface area contributed by atoms with E-state index in [0.717, 1.165) is 11.8 Å². The second kappa shape index (κ2) is 5.55. The molecular formula is C14H16N8O2S. The molecule has 10 nitrogen and oxygen atoms in total. The number of aromatic nitrogens is 5. The van der Waals surface area contributed by atoms with Crippen molar-refractivity contribution in [2.24, 2.45) is 0 Å². The van der Waals surface area contributed by atoms with E-state index in [9.17, 15) is 8.42 Å². The minimum absolute atomic E-state index is 0.0135. The van der Waals surface area contributed by atoms with Crippen LogP contribution in [0.4, 0.5) is 17.3 Å². The fraction of sp³-hybridized carbons (Fsp3) is 0.286. The number of nitrogens with one attached hydrogen (secondary N) is 1. The van der Waals surface area contributed by atoms with Gasteiger partial charge in [0.25, 0.3) is 0 Å². The van der Waals surface area contributed by atoms with Crippen LogP contribution in [0.3, 0.4) is 0 Å². The van der Waals surface area contributed by atoms with E-state index in [1.54, 1.807) is 12.3 Å². The Hall–Kier alpha value is -2.95. The first kappa shape index (κ1) is 15.6. The van der Waals surface area contributed by atoms with Crippen molar-refractivity contribution in [2.45, 2.75) is 12.8 Å². The highest BCUT2D eigenvalue weighted by Gasteiger charge is 2.30. The summed E-state index contributed by atoms with van der Waals surface area (Å²) < 4.78 is 25.8. The van der Waals surface area contributed by atoms with Crippen molar-refractivity contribution < 1.29 is 8.42 Å². The predicted octanol–water partition coefficient (Wildman–Crippen LogP) is 0.509. The molecule has 0 bridgehead atoms. The Balaban J connectivity index is 1.84. The van der Waals surface area contributed by atoms with E-state index >= 15 is 0 Å². The lowest BCUT2D eigenvalue weighted by molar-refractivity contribution is 0.574. The van der Waals surface area contributed by atoms with Gasteiger partial charge in [0.1, 0.15) is 11.4 Å². The number of hydrogen-bond acceptors (Lipinski definition) is 8. The van der Waals surface area contributed by atoms with Crippen LogP contribution in [0.5, 0.6) is 0 Å². The van der Waals surface area contributed by atoms with Gasteiger partial charge in [0.2, 0.25) is 10.0 Å². The van der Waals surface area contributed by atoms with Crippen molar-refractivity contribution >= 4 is 38.4 Å². The normalized spacial score (nSPS) is 17.0. The van der Waals surface area contributed by atoms with Gasteiger partial charge in [-0.05, 0) is 25.0 Å². The molecule has 1 saturated heterocycles. The van der Waals surface area contributed by atoms with Crippen molar-refractivity contribution in [1.29, 1.82) is 0 Å². The van der Waals surface area contributed by atoms with Gasteiger partial charge in [-0.3, -0.25) is 9.40 Å². The molecule has 0 aliphatic carbocycles. The Labute approximate surface area is 143 Å². The first-order chi connectivity index (χ1) is 12.0. The van der Waals surface area contributed by atoms with Crippen molar-refractivity contribution in [3.8, 4) is 11.5 Å². The molecule has 0 saturated carbocycles. The van der Waals surface area contributed by atoms with E-state index in [1.165, 1.54) is 4.31 Å². The summed E-state index contributed by atoms with van der Waals surface area (Å²) in [5.41, 5.74) is 13.3. The lowest BCUT2D eigenvalue weighted by Crippen LogP contribution is -2.39. The number of H-pyrrole nitrogens is 1. The van der Waals surface area contributed by atoms with Gasteiger partial charge < -0.3 is 11.5 Å². The molecule has 0 aromatic carbocycles. The van der Waals surface area contributed by atoms with Gasteiger partial charge in [0.15, 0.2) is 23.1 Å². The van der Waals surface area contributed by atoms with E-state index in [1.807, 2.05) is 6.07 Å². The Morgan fingerprint density at radius 1 is 1.16 bits per heavy atom. The number of nitrogens with two attached hydrogens (primary N) is 2. The van der Waals surface area contributed by atoms with E-state index in [0.29, 0.717) is 24.3 Å². The first-order valence-corrected chi connectivity index (χ1v) is 9.31. The minimum Gasteiger partial charge on any atom is -0.382 e. The summed E-state index contributed by atoms with van der Waals surface area (Å²) in [6, 6.07) is 3.59.